The van der Waals surface area contributed by atoms with Crippen LogP contribution in [-0.4, -0.2) is 22.9 Å². The second kappa shape index (κ2) is 8.50. The summed E-state index contributed by atoms with van der Waals surface area (Å²) in [6.45, 7) is 3.54. The van der Waals surface area contributed by atoms with Crippen LogP contribution in [0.15, 0.2) is 53.6 Å². The molecular weight excluding hydrogens is 427 g/mol. The highest BCUT2D eigenvalue weighted by Crippen LogP contribution is 2.43. The van der Waals surface area contributed by atoms with Crippen molar-refractivity contribution in [3.05, 3.63) is 75.3 Å². The second-order valence-corrected chi connectivity index (χ2v) is 8.05. The third kappa shape index (κ3) is 4.20. The number of benzene rings is 2. The molecule has 1 aliphatic carbocycles. The first kappa shape index (κ1) is 21.9. The number of aromatic carboxylic acids is 1. The smallest absolute Gasteiger partial charge is 0.335 e. The quantitative estimate of drug-likeness (QED) is 0.424. The van der Waals surface area contributed by atoms with Crippen molar-refractivity contribution in [3.8, 4) is 5.75 Å². The van der Waals surface area contributed by atoms with Gasteiger partial charge in [-0.15, -0.1) is 0 Å². The van der Waals surface area contributed by atoms with E-state index >= 15 is 0 Å². The third-order valence-corrected chi connectivity index (χ3v) is 5.75. The molecule has 0 saturated heterocycles. The van der Waals surface area contributed by atoms with E-state index in [1.54, 1.807) is 44.2 Å². The molecular formula is C22H20Cl2N2O4. The van der Waals surface area contributed by atoms with E-state index in [-0.39, 0.29) is 17.9 Å². The number of nitrogens with one attached hydrogen (secondary N) is 2. The van der Waals surface area contributed by atoms with Crippen LogP contribution in [0.1, 0.15) is 40.9 Å². The Kier molecular flexibility index (Phi) is 6.19. The Morgan fingerprint density at radius 3 is 2.40 bits per heavy atom. The maximum atomic E-state index is 13.1. The summed E-state index contributed by atoms with van der Waals surface area (Å²) < 4.78 is 5.70. The van der Waals surface area contributed by atoms with Gasteiger partial charge in [-0.2, -0.15) is 0 Å². The first-order valence-corrected chi connectivity index (χ1v) is 9.93. The van der Waals surface area contributed by atoms with E-state index in [1.165, 1.54) is 18.2 Å². The van der Waals surface area contributed by atoms with E-state index in [0.29, 0.717) is 21.4 Å². The predicted octanol–water partition coefficient (Wildman–Crippen LogP) is 5.09. The van der Waals surface area contributed by atoms with Gasteiger partial charge in [-0.3, -0.25) is 10.2 Å². The Hall–Kier alpha value is -2.83. The first-order chi connectivity index (χ1) is 14.1. The third-order valence-electron chi connectivity index (χ3n) is 5.10. The van der Waals surface area contributed by atoms with Crippen LogP contribution in [0.4, 0.5) is 0 Å². The molecule has 156 valence electrons. The summed E-state index contributed by atoms with van der Waals surface area (Å²) in [6.07, 6.45) is 1.66. The molecule has 3 N–H and O–H groups in total. The van der Waals surface area contributed by atoms with Crippen LogP contribution in [0.5, 0.6) is 5.75 Å². The van der Waals surface area contributed by atoms with Crippen molar-refractivity contribution in [2.75, 3.05) is 0 Å². The summed E-state index contributed by atoms with van der Waals surface area (Å²) >= 11 is 12.1. The van der Waals surface area contributed by atoms with Gasteiger partial charge in [0.25, 0.3) is 0 Å². The van der Waals surface area contributed by atoms with Crippen LogP contribution in [-0.2, 0) is 4.79 Å². The topological polar surface area (TPSA) is 99.5 Å². The van der Waals surface area contributed by atoms with E-state index < -0.39 is 23.3 Å². The molecule has 2 aromatic rings. The molecule has 0 radical (unpaired) electrons. The lowest BCUT2D eigenvalue weighted by Crippen LogP contribution is -2.51. The van der Waals surface area contributed by atoms with Crippen LogP contribution in [0.2, 0.25) is 5.02 Å². The summed E-state index contributed by atoms with van der Waals surface area (Å²) in [4.78, 5) is 24.1. The second-order valence-electron chi connectivity index (χ2n) is 7.16. The molecule has 0 bridgehead atoms. The van der Waals surface area contributed by atoms with Gasteiger partial charge in [0.1, 0.15) is 11.2 Å². The number of halogens is 2. The van der Waals surface area contributed by atoms with Crippen molar-refractivity contribution in [1.82, 2.24) is 5.32 Å². The van der Waals surface area contributed by atoms with Gasteiger partial charge < -0.3 is 15.2 Å². The molecule has 2 aromatic carbocycles. The van der Waals surface area contributed by atoms with E-state index in [1.807, 2.05) is 0 Å². The molecule has 0 saturated carbocycles. The van der Waals surface area contributed by atoms with Crippen LogP contribution in [0.3, 0.4) is 0 Å². The fraction of sp³-hybridized carbons (Fsp3) is 0.227. The normalized spacial score (nSPS) is 18.6. The number of hydrogen-bond acceptors (Lipinski definition) is 4. The number of carbonyl (C=O) groups is 2. The van der Waals surface area contributed by atoms with Gasteiger partial charge in [-0.1, -0.05) is 41.4 Å². The zero-order valence-electron chi connectivity index (χ0n) is 16.3. The number of carboxylic acids is 1. The zero-order chi connectivity index (χ0) is 22.1. The highest BCUT2D eigenvalue weighted by Gasteiger charge is 2.49. The molecule has 6 nitrogen and oxygen atoms in total. The molecule has 8 heteroatoms. The van der Waals surface area contributed by atoms with Gasteiger partial charge in [0.05, 0.1) is 11.6 Å². The van der Waals surface area contributed by atoms with Gasteiger partial charge in [0.15, 0.2) is 0 Å². The number of amides is 1. The molecule has 0 heterocycles. The van der Waals surface area contributed by atoms with Crippen LogP contribution >= 0.6 is 23.2 Å². The van der Waals surface area contributed by atoms with Crippen LogP contribution in [0, 0.1) is 17.7 Å². The van der Waals surface area contributed by atoms with Crippen molar-refractivity contribution in [3.63, 3.8) is 0 Å². The maximum absolute atomic E-state index is 13.1. The lowest BCUT2D eigenvalue weighted by Gasteiger charge is -2.36. The average Bonchev–Trinajstić information content (AvgIpc) is 2.68. The molecule has 0 aromatic heterocycles. The number of carboxylic acid groups (broad SMARTS) is 1. The Morgan fingerprint density at radius 2 is 1.83 bits per heavy atom. The van der Waals surface area contributed by atoms with Gasteiger partial charge in [-0.05, 0) is 49.8 Å². The van der Waals surface area contributed by atoms with Crippen molar-refractivity contribution >= 4 is 41.0 Å². The average molecular weight is 447 g/mol. The van der Waals surface area contributed by atoms with E-state index in [4.69, 9.17) is 38.5 Å². The van der Waals surface area contributed by atoms with Crippen LogP contribution in [0.25, 0.3) is 0 Å². The zero-order valence-corrected chi connectivity index (χ0v) is 17.8. The molecule has 1 aliphatic rings. The maximum Gasteiger partial charge on any atom is 0.335 e. The fourth-order valence-corrected chi connectivity index (χ4v) is 3.68. The lowest BCUT2D eigenvalue weighted by molar-refractivity contribution is -0.127. The Labute approximate surface area is 184 Å². The van der Waals surface area contributed by atoms with Gasteiger partial charge >= 0.3 is 5.97 Å². The number of carbonyl (C=O) groups excluding carboxylic acids is 1. The Bertz CT molecular complexity index is 1050. The van der Waals surface area contributed by atoms with Crippen molar-refractivity contribution in [1.29, 1.82) is 5.41 Å². The Balaban J connectivity index is 1.78. The molecule has 0 fully saturated rings. The standard InChI is InChI=1S/C22H20Cl2N2O4/c1-12-17(24)4-3-5-18(12)30-20(25)22(10-16(23)11-22)21(29)26-13(2)14-6-8-15(9-7-14)19(27)28/h3-10,13,25H,11H2,1-2H3,(H,26,29)(H,27,28)/t13-,22?/m0/s1. The van der Waals surface area contributed by atoms with Gasteiger partial charge in [-0.25, -0.2) is 4.79 Å². The lowest BCUT2D eigenvalue weighted by atomic mass is 9.74. The predicted molar refractivity (Wildman–Crippen MR) is 115 cm³/mol. The van der Waals surface area contributed by atoms with E-state index in [0.717, 1.165) is 5.56 Å². The van der Waals surface area contributed by atoms with Gasteiger partial charge in [0, 0.05) is 22.0 Å². The molecule has 2 atom stereocenters. The van der Waals surface area contributed by atoms with Crippen LogP contribution < -0.4 is 10.1 Å². The highest BCUT2D eigenvalue weighted by molar-refractivity contribution is 6.32. The van der Waals surface area contributed by atoms with Gasteiger partial charge in [0.2, 0.25) is 11.8 Å². The fourth-order valence-electron chi connectivity index (χ4n) is 3.12. The minimum Gasteiger partial charge on any atom is -0.478 e. The summed E-state index contributed by atoms with van der Waals surface area (Å²) in [6, 6.07) is 10.9. The number of ether oxygens (including phenoxy) is 1. The molecule has 30 heavy (non-hydrogen) atoms. The van der Waals surface area contributed by atoms with Crippen molar-refractivity contribution < 1.29 is 19.4 Å². The van der Waals surface area contributed by atoms with Crippen molar-refractivity contribution in [2.45, 2.75) is 26.3 Å². The summed E-state index contributed by atoms with van der Waals surface area (Å²) in [5.41, 5.74) is 0.243. The summed E-state index contributed by atoms with van der Waals surface area (Å²) in [7, 11) is 0. The highest BCUT2D eigenvalue weighted by atomic mass is 35.5. The minimum absolute atomic E-state index is 0.156. The Morgan fingerprint density at radius 1 is 1.20 bits per heavy atom. The molecule has 1 amide bonds. The molecule has 0 spiro atoms. The number of allylic oxidation sites excluding steroid dienone is 1. The summed E-state index contributed by atoms with van der Waals surface area (Å²) in [5.74, 6) is -1.30. The summed E-state index contributed by atoms with van der Waals surface area (Å²) in [5, 5.41) is 21.3. The molecule has 3 rings (SSSR count). The first-order valence-electron chi connectivity index (χ1n) is 9.17. The minimum atomic E-state index is -1.32. The largest absolute Gasteiger partial charge is 0.478 e. The van der Waals surface area contributed by atoms with Crippen molar-refractivity contribution in [2.24, 2.45) is 5.41 Å². The molecule has 1 unspecified atom stereocenters. The SMILES string of the molecule is Cc1c(Cl)cccc1OC(=N)C1(C(=O)N[C@@H](C)c2ccc(C(=O)O)cc2)C=C(Cl)C1. The van der Waals surface area contributed by atoms with E-state index in [9.17, 15) is 9.59 Å². The number of rotatable bonds is 6. The molecule has 0 aliphatic heterocycles. The number of hydrogen-bond donors (Lipinski definition) is 3. The monoisotopic (exact) mass is 446 g/mol. The van der Waals surface area contributed by atoms with E-state index in [2.05, 4.69) is 5.32 Å².